The van der Waals surface area contributed by atoms with E-state index in [1.54, 1.807) is 44.2 Å². The van der Waals surface area contributed by atoms with Crippen molar-refractivity contribution < 1.29 is 18.4 Å². The molecule has 0 aliphatic carbocycles. The summed E-state index contributed by atoms with van der Waals surface area (Å²) in [5, 5.41) is 0.0471. The minimum absolute atomic E-state index is 0.0247. The first-order valence-electron chi connectivity index (χ1n) is 9.53. The van der Waals surface area contributed by atoms with Gasteiger partial charge in [0.25, 0.3) is 0 Å². The minimum atomic E-state index is -3.75. The third-order valence-electron chi connectivity index (χ3n) is 4.24. The van der Waals surface area contributed by atoms with Crippen LogP contribution in [0.5, 0.6) is 0 Å². The summed E-state index contributed by atoms with van der Waals surface area (Å²) in [6, 6.07) is 16.6. The van der Waals surface area contributed by atoms with E-state index in [-0.39, 0.29) is 29.7 Å². The Labute approximate surface area is 168 Å². The molecule has 0 bridgehead atoms. The maximum absolute atomic E-state index is 13.4. The van der Waals surface area contributed by atoms with Crippen LogP contribution in [0, 0.1) is 0 Å². The molecule has 0 aliphatic heterocycles. The predicted octanol–water partition coefficient (Wildman–Crippen LogP) is 6.47. The van der Waals surface area contributed by atoms with Crippen molar-refractivity contribution in [1.29, 1.82) is 0 Å². The molecule has 28 heavy (non-hydrogen) atoms. The normalized spacial score (nSPS) is 12.8. The van der Waals surface area contributed by atoms with Crippen LogP contribution >= 0.6 is 7.60 Å². The highest BCUT2D eigenvalue weighted by atomic mass is 31.2. The van der Waals surface area contributed by atoms with Gasteiger partial charge >= 0.3 is 7.60 Å². The van der Waals surface area contributed by atoms with E-state index in [1.807, 2.05) is 30.3 Å². The first kappa shape index (κ1) is 22.3. The van der Waals surface area contributed by atoms with Crippen LogP contribution in [0.25, 0.3) is 6.08 Å². The Morgan fingerprint density at radius 2 is 1.46 bits per heavy atom. The molecule has 0 atom stereocenters. The van der Waals surface area contributed by atoms with Crippen molar-refractivity contribution in [2.24, 2.45) is 0 Å². The SMILES string of the molecule is CCOP(=O)(OCC)/C(=C/c1ccc(C(C)(C)C)cc1)C(=O)c1ccccc1. The van der Waals surface area contributed by atoms with Gasteiger partial charge in [-0.2, -0.15) is 0 Å². The lowest BCUT2D eigenvalue weighted by Gasteiger charge is -2.20. The first-order chi connectivity index (χ1) is 13.2. The Bertz CT molecular complexity index is 852. The van der Waals surface area contributed by atoms with Gasteiger partial charge < -0.3 is 9.05 Å². The van der Waals surface area contributed by atoms with Gasteiger partial charge in [0.15, 0.2) is 0 Å². The summed E-state index contributed by atoms with van der Waals surface area (Å²) in [4.78, 5) is 13.2. The van der Waals surface area contributed by atoms with Gasteiger partial charge in [-0.25, -0.2) is 0 Å². The molecule has 0 fully saturated rings. The van der Waals surface area contributed by atoms with Gasteiger partial charge in [-0.1, -0.05) is 75.4 Å². The highest BCUT2D eigenvalue weighted by Gasteiger charge is 2.35. The van der Waals surface area contributed by atoms with Crippen LogP contribution in [0.4, 0.5) is 0 Å². The Morgan fingerprint density at radius 3 is 1.93 bits per heavy atom. The summed E-state index contributed by atoms with van der Waals surface area (Å²) in [5.74, 6) is -0.356. The second-order valence-electron chi connectivity index (χ2n) is 7.43. The van der Waals surface area contributed by atoms with E-state index in [4.69, 9.17) is 9.05 Å². The molecule has 2 aromatic carbocycles. The molecule has 0 unspecified atom stereocenters. The fraction of sp³-hybridized carbons (Fsp3) is 0.348. The molecule has 0 radical (unpaired) electrons. The molecular weight excluding hydrogens is 371 g/mol. The molecule has 0 aromatic heterocycles. The summed E-state index contributed by atoms with van der Waals surface area (Å²) < 4.78 is 24.4. The number of carbonyl (C=O) groups is 1. The molecule has 4 nitrogen and oxygen atoms in total. The van der Waals surface area contributed by atoms with Crippen LogP contribution in [0.15, 0.2) is 59.9 Å². The zero-order chi connectivity index (χ0) is 20.8. The first-order valence-corrected chi connectivity index (χ1v) is 11.1. The standard InChI is InChI=1S/C23H29O4P/c1-6-26-28(25,27-7-2)21(22(24)19-11-9-8-10-12-19)17-18-13-15-20(16-14-18)23(3,4)5/h8-17H,6-7H2,1-5H3/b21-17+. The van der Waals surface area contributed by atoms with Crippen molar-refractivity contribution in [2.75, 3.05) is 13.2 Å². The lowest BCUT2D eigenvalue weighted by molar-refractivity contribution is 0.103. The van der Waals surface area contributed by atoms with Gasteiger partial charge in [-0.3, -0.25) is 9.36 Å². The number of ketones is 1. The van der Waals surface area contributed by atoms with Gasteiger partial charge in [0, 0.05) is 5.56 Å². The summed E-state index contributed by atoms with van der Waals surface area (Å²) in [7, 11) is -3.75. The number of hydrogen-bond acceptors (Lipinski definition) is 4. The van der Waals surface area contributed by atoms with Crippen molar-refractivity contribution in [2.45, 2.75) is 40.0 Å². The number of Topliss-reactive ketones (excluding diaryl/α,β-unsaturated/α-hetero) is 1. The number of rotatable bonds is 8. The van der Waals surface area contributed by atoms with Crippen LogP contribution in [-0.2, 0) is 19.0 Å². The van der Waals surface area contributed by atoms with E-state index in [9.17, 15) is 9.36 Å². The largest absolute Gasteiger partial charge is 0.365 e. The molecule has 150 valence electrons. The lowest BCUT2D eigenvalue weighted by atomic mass is 9.87. The average molecular weight is 400 g/mol. The summed E-state index contributed by atoms with van der Waals surface area (Å²) in [6.07, 6.45) is 1.62. The maximum atomic E-state index is 13.4. The highest BCUT2D eigenvalue weighted by Crippen LogP contribution is 2.57. The van der Waals surface area contributed by atoms with E-state index in [1.165, 1.54) is 5.56 Å². The van der Waals surface area contributed by atoms with Gasteiger partial charge in [0.05, 0.1) is 13.2 Å². The van der Waals surface area contributed by atoms with Crippen molar-refractivity contribution in [3.05, 3.63) is 76.6 Å². The molecule has 5 heteroatoms. The van der Waals surface area contributed by atoms with Gasteiger partial charge in [0.1, 0.15) is 5.31 Å². The van der Waals surface area contributed by atoms with Crippen molar-refractivity contribution in [3.63, 3.8) is 0 Å². The molecule has 0 spiro atoms. The molecule has 0 N–H and O–H groups in total. The fourth-order valence-corrected chi connectivity index (χ4v) is 4.48. The van der Waals surface area contributed by atoms with Crippen LogP contribution < -0.4 is 0 Å². The molecule has 0 saturated carbocycles. The van der Waals surface area contributed by atoms with E-state index < -0.39 is 7.60 Å². The third kappa shape index (κ3) is 5.51. The molecule has 2 aromatic rings. The van der Waals surface area contributed by atoms with Crippen LogP contribution in [0.2, 0.25) is 0 Å². The Hall–Kier alpha value is -2.00. The Kier molecular flexibility index (Phi) is 7.54. The van der Waals surface area contributed by atoms with Crippen molar-refractivity contribution in [1.82, 2.24) is 0 Å². The topological polar surface area (TPSA) is 52.6 Å². The zero-order valence-corrected chi connectivity index (χ0v) is 18.2. The second-order valence-corrected chi connectivity index (χ2v) is 9.42. The average Bonchev–Trinajstić information content (AvgIpc) is 2.66. The maximum Gasteiger partial charge on any atom is 0.365 e. The molecule has 0 saturated heterocycles. The zero-order valence-electron chi connectivity index (χ0n) is 17.3. The number of hydrogen-bond donors (Lipinski definition) is 0. The van der Waals surface area contributed by atoms with Gasteiger partial charge in [-0.05, 0) is 36.5 Å². The molecule has 2 rings (SSSR count). The molecule has 0 amide bonds. The van der Waals surface area contributed by atoms with Crippen LogP contribution in [0.3, 0.4) is 0 Å². The highest BCUT2D eigenvalue weighted by molar-refractivity contribution is 7.60. The monoisotopic (exact) mass is 400 g/mol. The second kappa shape index (κ2) is 9.47. The number of carbonyl (C=O) groups excluding carboxylic acids is 1. The molecule has 0 aliphatic rings. The van der Waals surface area contributed by atoms with E-state index in [2.05, 4.69) is 20.8 Å². The molecular formula is C23H29O4P. The number of allylic oxidation sites excluding steroid dienone is 1. The number of benzene rings is 2. The van der Waals surface area contributed by atoms with Gasteiger partial charge in [0.2, 0.25) is 5.78 Å². The predicted molar refractivity (Wildman–Crippen MR) is 115 cm³/mol. The van der Waals surface area contributed by atoms with Gasteiger partial charge in [-0.15, -0.1) is 0 Å². The smallest absolute Gasteiger partial charge is 0.305 e. The van der Waals surface area contributed by atoms with Crippen LogP contribution in [-0.4, -0.2) is 19.0 Å². The Morgan fingerprint density at radius 1 is 0.929 bits per heavy atom. The van der Waals surface area contributed by atoms with E-state index in [0.29, 0.717) is 5.56 Å². The van der Waals surface area contributed by atoms with E-state index in [0.717, 1.165) is 5.56 Å². The molecule has 0 heterocycles. The van der Waals surface area contributed by atoms with Crippen LogP contribution in [0.1, 0.15) is 56.1 Å². The van der Waals surface area contributed by atoms with Crippen molar-refractivity contribution >= 4 is 19.5 Å². The van der Waals surface area contributed by atoms with Crippen molar-refractivity contribution in [3.8, 4) is 0 Å². The summed E-state index contributed by atoms with van der Waals surface area (Å²) >= 11 is 0. The minimum Gasteiger partial charge on any atom is -0.305 e. The fourth-order valence-electron chi connectivity index (χ4n) is 2.76. The third-order valence-corrected chi connectivity index (χ3v) is 6.36. The Balaban J connectivity index is 2.55. The summed E-state index contributed by atoms with van der Waals surface area (Å²) in [5.41, 5.74) is 2.42. The quantitative estimate of drug-likeness (QED) is 0.289. The lowest BCUT2D eigenvalue weighted by Crippen LogP contribution is -2.11. The van der Waals surface area contributed by atoms with E-state index >= 15 is 0 Å². The summed E-state index contributed by atoms with van der Waals surface area (Å²) in [6.45, 7) is 10.2.